The first-order valence-electron chi connectivity index (χ1n) is 11.6. The molecule has 192 valence electrons. The molecule has 1 amide bonds. The monoisotopic (exact) mass is 521 g/mol. The van der Waals surface area contributed by atoms with Gasteiger partial charge in [0, 0.05) is 41.8 Å². The second-order valence-corrected chi connectivity index (χ2v) is 9.77. The maximum atomic E-state index is 14.7. The van der Waals surface area contributed by atoms with Gasteiger partial charge in [-0.05, 0) is 38.4 Å². The summed E-state index contributed by atoms with van der Waals surface area (Å²) in [5.41, 5.74) is 1.28. The summed E-state index contributed by atoms with van der Waals surface area (Å²) in [6.07, 6.45) is -2.90. The number of rotatable bonds is 8. The molecule has 1 fully saturated rings. The lowest BCUT2D eigenvalue weighted by Crippen LogP contribution is -2.46. The summed E-state index contributed by atoms with van der Waals surface area (Å²) in [5, 5.41) is 6.83. The van der Waals surface area contributed by atoms with E-state index in [0.29, 0.717) is 59.4 Å². The van der Waals surface area contributed by atoms with Gasteiger partial charge in [-0.25, -0.2) is 4.39 Å². The zero-order chi connectivity index (χ0) is 25.9. The van der Waals surface area contributed by atoms with Crippen LogP contribution in [0.15, 0.2) is 42.6 Å². The lowest BCUT2D eigenvalue weighted by molar-refractivity contribution is -0.0688. The number of thiazole rings is 1. The number of alkyl halides is 4. The number of carbonyl (C=O) groups is 1. The fourth-order valence-electron chi connectivity index (χ4n) is 4.25. The van der Waals surface area contributed by atoms with E-state index in [1.54, 1.807) is 29.8 Å². The summed E-state index contributed by atoms with van der Waals surface area (Å²) < 4.78 is 55.6. The van der Waals surface area contributed by atoms with Crippen molar-refractivity contribution in [2.24, 2.45) is 0 Å². The Morgan fingerprint density at radius 2 is 2.11 bits per heavy atom. The molecule has 0 radical (unpaired) electrons. The number of amides is 1. The molecule has 3 aromatic rings. The molecule has 11 heteroatoms. The maximum Gasteiger partial charge on any atom is 0.417 e. The van der Waals surface area contributed by atoms with Crippen LogP contribution in [0.3, 0.4) is 0 Å². The highest BCUT2D eigenvalue weighted by molar-refractivity contribution is 7.11. The van der Waals surface area contributed by atoms with Crippen molar-refractivity contribution in [2.75, 3.05) is 32.0 Å². The number of pyridine rings is 1. The molecule has 0 spiro atoms. The molecule has 0 saturated carbocycles. The van der Waals surface area contributed by atoms with Crippen molar-refractivity contribution in [3.05, 3.63) is 58.8 Å². The lowest BCUT2D eigenvalue weighted by atomic mass is 9.99. The van der Waals surface area contributed by atoms with Gasteiger partial charge < -0.3 is 15.5 Å². The Hall–Kier alpha value is -3.05. The predicted octanol–water partition coefficient (Wildman–Crippen LogP) is 5.08. The van der Waals surface area contributed by atoms with Crippen LogP contribution in [0.2, 0.25) is 0 Å². The molecule has 36 heavy (non-hydrogen) atoms. The quantitative estimate of drug-likeness (QED) is 0.320. The van der Waals surface area contributed by atoms with Gasteiger partial charge in [0.05, 0.1) is 29.0 Å². The van der Waals surface area contributed by atoms with E-state index in [1.165, 1.54) is 17.5 Å². The zero-order valence-corrected chi connectivity index (χ0v) is 20.6. The highest BCUT2D eigenvalue weighted by atomic mass is 32.1. The number of benzene rings is 1. The fraction of sp³-hybridized carbons (Fsp3) is 0.400. The summed E-state index contributed by atoms with van der Waals surface area (Å²) in [7, 11) is 1.85. The van der Waals surface area contributed by atoms with E-state index in [4.69, 9.17) is 0 Å². The Bertz CT molecular complexity index is 1230. The minimum absolute atomic E-state index is 0.243. The molecule has 2 aromatic heterocycles. The molecule has 1 saturated heterocycles. The normalized spacial score (nSPS) is 18.8. The highest BCUT2D eigenvalue weighted by Crippen LogP contribution is 2.37. The first-order chi connectivity index (χ1) is 17.1. The number of nitrogens with one attached hydrogen (secondary N) is 2. The first-order valence-corrected chi connectivity index (χ1v) is 12.5. The molecule has 6 nitrogen and oxygen atoms in total. The number of carbonyl (C=O) groups excluding carboxylic acids is 1. The highest BCUT2D eigenvalue weighted by Gasteiger charge is 2.35. The topological polar surface area (TPSA) is 70.1 Å². The molecule has 1 aromatic carbocycles. The van der Waals surface area contributed by atoms with E-state index in [2.05, 4.69) is 27.2 Å². The molecule has 0 unspecified atom stereocenters. The Balaban J connectivity index is 1.59. The molecule has 1 aliphatic rings. The van der Waals surface area contributed by atoms with Gasteiger partial charge in [-0.3, -0.25) is 14.8 Å². The minimum Gasteiger partial charge on any atom is -0.379 e. The predicted molar refractivity (Wildman–Crippen MR) is 134 cm³/mol. The molecule has 2 N–H and O–H groups in total. The summed E-state index contributed by atoms with van der Waals surface area (Å²) in [6.45, 7) is 4.60. The minimum atomic E-state index is -4.65. The number of likely N-dealkylation sites (tertiary alicyclic amines) is 1. The largest absolute Gasteiger partial charge is 0.417 e. The van der Waals surface area contributed by atoms with Gasteiger partial charge in [0.15, 0.2) is 0 Å². The number of aryl methyl sites for hydroxylation is 1. The third kappa shape index (κ3) is 6.01. The van der Waals surface area contributed by atoms with Crippen LogP contribution in [-0.4, -0.2) is 65.8 Å². The number of allylic oxidation sites excluding steroid dienone is 1. The Labute approximate surface area is 210 Å². The number of piperidine rings is 1. The van der Waals surface area contributed by atoms with Crippen LogP contribution in [-0.2, 0) is 6.42 Å². The number of hydrogen-bond acceptors (Lipinski definition) is 6. The van der Waals surface area contributed by atoms with Gasteiger partial charge >= 0.3 is 6.18 Å². The van der Waals surface area contributed by atoms with Crippen molar-refractivity contribution in [1.29, 1.82) is 0 Å². The third-order valence-electron chi connectivity index (χ3n) is 6.19. The average Bonchev–Trinajstić information content (AvgIpc) is 3.37. The van der Waals surface area contributed by atoms with Gasteiger partial charge in [-0.1, -0.05) is 18.7 Å². The molecule has 3 heterocycles. The van der Waals surface area contributed by atoms with Gasteiger partial charge in [-0.2, -0.15) is 13.2 Å². The third-order valence-corrected chi connectivity index (χ3v) is 6.96. The molecule has 1 aliphatic heterocycles. The van der Waals surface area contributed by atoms with Crippen LogP contribution in [0.4, 0.5) is 23.2 Å². The van der Waals surface area contributed by atoms with E-state index in [9.17, 15) is 22.4 Å². The standard InChI is InChI=1S/C25H27F4N5OS/c1-15(25(27,28)29)23-17-6-3-7-20(33-21-8-10-34(2)13-19(21)26)18(17)11-16(32-23)5-4-9-31-24(35)22-12-30-14-36-22/h3,6-7,11-12,14,19,21,33H,1,4-5,8-10,13H2,2H3,(H,31,35)/t19-,21+/m0/s1. The van der Waals surface area contributed by atoms with Crippen molar-refractivity contribution in [2.45, 2.75) is 37.7 Å². The molecule has 0 bridgehead atoms. The number of halogens is 4. The van der Waals surface area contributed by atoms with Crippen molar-refractivity contribution in [1.82, 2.24) is 20.2 Å². The Morgan fingerprint density at radius 1 is 1.31 bits per heavy atom. The van der Waals surface area contributed by atoms with Crippen LogP contribution in [0.1, 0.15) is 33.9 Å². The van der Waals surface area contributed by atoms with E-state index >= 15 is 0 Å². The molecule has 0 aliphatic carbocycles. The summed E-state index contributed by atoms with van der Waals surface area (Å²) in [6, 6.07) is 6.24. The van der Waals surface area contributed by atoms with Gasteiger partial charge in [0.25, 0.3) is 5.91 Å². The summed E-state index contributed by atoms with van der Waals surface area (Å²) >= 11 is 1.22. The van der Waals surface area contributed by atoms with Gasteiger partial charge in [-0.15, -0.1) is 11.3 Å². The van der Waals surface area contributed by atoms with Crippen molar-refractivity contribution in [3.63, 3.8) is 0 Å². The van der Waals surface area contributed by atoms with E-state index < -0.39 is 24.0 Å². The van der Waals surface area contributed by atoms with E-state index in [1.807, 2.05) is 11.9 Å². The smallest absolute Gasteiger partial charge is 0.379 e. The molecular formula is C25H27F4N5OS. The number of anilines is 1. The van der Waals surface area contributed by atoms with Crippen LogP contribution >= 0.6 is 11.3 Å². The zero-order valence-electron chi connectivity index (χ0n) is 19.7. The van der Waals surface area contributed by atoms with Gasteiger partial charge in [0.1, 0.15) is 11.0 Å². The van der Waals surface area contributed by atoms with E-state index in [0.717, 1.165) is 6.54 Å². The molecule has 4 rings (SSSR count). The first kappa shape index (κ1) is 26.0. The second kappa shape index (κ2) is 10.9. The lowest BCUT2D eigenvalue weighted by Gasteiger charge is -2.33. The Kier molecular flexibility index (Phi) is 7.89. The Morgan fingerprint density at radius 3 is 2.81 bits per heavy atom. The molecule has 2 atom stereocenters. The van der Waals surface area contributed by atoms with Crippen LogP contribution in [0, 0.1) is 0 Å². The van der Waals surface area contributed by atoms with Crippen LogP contribution in [0.25, 0.3) is 16.3 Å². The summed E-state index contributed by atoms with van der Waals surface area (Å²) in [5.74, 6) is -0.250. The summed E-state index contributed by atoms with van der Waals surface area (Å²) in [4.78, 5) is 22.7. The number of aromatic nitrogens is 2. The van der Waals surface area contributed by atoms with Gasteiger partial charge in [0.2, 0.25) is 0 Å². The van der Waals surface area contributed by atoms with E-state index in [-0.39, 0.29) is 11.6 Å². The number of hydrogen-bond donors (Lipinski definition) is 2. The van der Waals surface area contributed by atoms with Crippen molar-refractivity contribution >= 4 is 39.3 Å². The van der Waals surface area contributed by atoms with Crippen molar-refractivity contribution in [3.8, 4) is 0 Å². The second-order valence-electron chi connectivity index (χ2n) is 8.88. The SMILES string of the molecule is C=C(c1nc(CCCNC(=O)c2cncs2)cc2c(N[C@@H]3CCN(C)C[C@@H]3F)cccc12)C(F)(F)F. The fourth-order valence-corrected chi connectivity index (χ4v) is 4.79. The molecular weight excluding hydrogens is 494 g/mol. The number of nitrogens with zero attached hydrogens (tertiary/aromatic N) is 3. The van der Waals surface area contributed by atoms with Crippen LogP contribution in [0.5, 0.6) is 0 Å². The van der Waals surface area contributed by atoms with Crippen molar-refractivity contribution < 1.29 is 22.4 Å². The van der Waals surface area contributed by atoms with Crippen LogP contribution < -0.4 is 10.6 Å². The number of fused-ring (bicyclic) bond motifs is 1. The maximum absolute atomic E-state index is 14.7. The average molecular weight is 522 g/mol.